The summed E-state index contributed by atoms with van der Waals surface area (Å²) in [5, 5.41) is 0. The highest BCUT2D eigenvalue weighted by atomic mass is 33.1. The van der Waals surface area contributed by atoms with Gasteiger partial charge in [-0.15, -0.1) is 0 Å². The van der Waals surface area contributed by atoms with Crippen LogP contribution in [0.25, 0.3) is 0 Å². The third-order valence-corrected chi connectivity index (χ3v) is 6.11. The lowest BCUT2D eigenvalue weighted by Gasteiger charge is -2.26. The van der Waals surface area contributed by atoms with E-state index in [2.05, 4.69) is 27.7 Å². The Labute approximate surface area is 132 Å². The molecule has 1 saturated heterocycles. The molecule has 1 nitrogen and oxygen atoms in total. The number of benzene rings is 1. The summed E-state index contributed by atoms with van der Waals surface area (Å²) in [5.74, 6) is 1.13. The molecule has 0 aromatic heterocycles. The molecule has 1 heterocycles. The predicted molar refractivity (Wildman–Crippen MR) is 85.6 cm³/mol. The van der Waals surface area contributed by atoms with Gasteiger partial charge in [-0.05, 0) is 27.7 Å². The van der Waals surface area contributed by atoms with Crippen LogP contribution in [0.3, 0.4) is 0 Å². The predicted octanol–water partition coefficient (Wildman–Crippen LogP) is 5.66. The zero-order valence-electron chi connectivity index (χ0n) is 12.6. The quantitative estimate of drug-likeness (QED) is 0.644. The monoisotopic (exact) mass is 338 g/mol. The largest absolute Gasteiger partial charge is 0.416 e. The van der Waals surface area contributed by atoms with Gasteiger partial charge in [-0.2, -0.15) is 13.2 Å². The Hall–Kier alpha value is -0.330. The third-order valence-electron chi connectivity index (χ3n) is 2.81. The number of halogens is 3. The van der Waals surface area contributed by atoms with E-state index in [-0.39, 0.29) is 0 Å². The van der Waals surface area contributed by atoms with Gasteiger partial charge < -0.3 is 4.74 Å². The first-order valence-corrected chi connectivity index (χ1v) is 9.03. The Morgan fingerprint density at radius 2 is 1.76 bits per heavy atom. The van der Waals surface area contributed by atoms with Crippen molar-refractivity contribution >= 4 is 21.6 Å². The summed E-state index contributed by atoms with van der Waals surface area (Å²) in [6.07, 6.45) is -3.42. The van der Waals surface area contributed by atoms with Crippen LogP contribution in [0.1, 0.15) is 33.3 Å². The summed E-state index contributed by atoms with van der Waals surface area (Å²) in [7, 11) is 3.86. The Kier molecular flexibility index (Phi) is 6.94. The SMILES string of the molecule is CC(C)OC1CSSC1(C)C.FC(F)(F)c1ccccc1. The molecule has 0 spiro atoms. The highest BCUT2D eigenvalue weighted by molar-refractivity contribution is 8.77. The highest BCUT2D eigenvalue weighted by Crippen LogP contribution is 2.47. The van der Waals surface area contributed by atoms with Crippen molar-refractivity contribution in [2.45, 2.75) is 50.8 Å². The topological polar surface area (TPSA) is 9.23 Å². The molecule has 1 aliphatic heterocycles. The fourth-order valence-electron chi connectivity index (χ4n) is 1.66. The minimum Gasteiger partial charge on any atom is -0.373 e. The number of rotatable bonds is 2. The van der Waals surface area contributed by atoms with Crippen LogP contribution >= 0.6 is 21.6 Å². The first-order chi connectivity index (χ1) is 9.63. The number of hydrogen-bond acceptors (Lipinski definition) is 3. The maximum absolute atomic E-state index is 11.8. The molecule has 1 unspecified atom stereocenters. The van der Waals surface area contributed by atoms with E-state index < -0.39 is 11.7 Å². The molecule has 1 aromatic carbocycles. The van der Waals surface area contributed by atoms with Crippen molar-refractivity contribution < 1.29 is 17.9 Å². The van der Waals surface area contributed by atoms with Crippen LogP contribution < -0.4 is 0 Å². The third kappa shape index (κ3) is 6.53. The fourth-order valence-corrected chi connectivity index (χ4v) is 4.81. The van der Waals surface area contributed by atoms with E-state index in [0.717, 1.165) is 17.9 Å². The van der Waals surface area contributed by atoms with E-state index in [1.165, 1.54) is 12.1 Å². The van der Waals surface area contributed by atoms with Gasteiger partial charge in [-0.3, -0.25) is 0 Å². The average molecular weight is 338 g/mol. The summed E-state index contributed by atoms with van der Waals surface area (Å²) in [4.78, 5) is 0. The maximum atomic E-state index is 11.8. The second-order valence-electron chi connectivity index (χ2n) is 5.51. The van der Waals surface area contributed by atoms with Gasteiger partial charge in [0.1, 0.15) is 0 Å². The Bertz CT molecular complexity index is 419. The minimum absolute atomic E-state index is 0.301. The summed E-state index contributed by atoms with van der Waals surface area (Å²) in [6.45, 7) is 8.71. The van der Waals surface area contributed by atoms with Gasteiger partial charge >= 0.3 is 6.18 Å². The van der Waals surface area contributed by atoms with Crippen LogP contribution in [-0.2, 0) is 10.9 Å². The molecule has 2 rings (SSSR count). The van der Waals surface area contributed by atoms with Crippen molar-refractivity contribution in [3.63, 3.8) is 0 Å². The molecular weight excluding hydrogens is 317 g/mol. The van der Waals surface area contributed by atoms with Crippen LogP contribution in [0.15, 0.2) is 30.3 Å². The summed E-state index contributed by atoms with van der Waals surface area (Å²) in [6, 6.07) is 6.36. The van der Waals surface area contributed by atoms with E-state index in [9.17, 15) is 13.2 Å². The van der Waals surface area contributed by atoms with Crippen LogP contribution in [0.5, 0.6) is 0 Å². The second-order valence-corrected chi connectivity index (χ2v) is 8.50. The lowest BCUT2D eigenvalue weighted by molar-refractivity contribution is -0.137. The van der Waals surface area contributed by atoms with Gasteiger partial charge in [-0.25, -0.2) is 0 Å². The van der Waals surface area contributed by atoms with Crippen molar-refractivity contribution in [1.82, 2.24) is 0 Å². The maximum Gasteiger partial charge on any atom is 0.416 e. The van der Waals surface area contributed by atoms with Gasteiger partial charge in [-0.1, -0.05) is 51.9 Å². The smallest absolute Gasteiger partial charge is 0.373 e. The average Bonchev–Trinajstić information content (AvgIpc) is 2.69. The second kappa shape index (κ2) is 7.79. The van der Waals surface area contributed by atoms with Crippen molar-refractivity contribution in [2.24, 2.45) is 0 Å². The van der Waals surface area contributed by atoms with Gasteiger partial charge in [0.2, 0.25) is 0 Å². The van der Waals surface area contributed by atoms with E-state index in [4.69, 9.17) is 4.74 Å². The highest BCUT2D eigenvalue weighted by Gasteiger charge is 2.37. The first-order valence-electron chi connectivity index (χ1n) is 6.71. The zero-order valence-corrected chi connectivity index (χ0v) is 14.2. The van der Waals surface area contributed by atoms with Gasteiger partial charge in [0.25, 0.3) is 0 Å². The summed E-state index contributed by atoms with van der Waals surface area (Å²) >= 11 is 0. The van der Waals surface area contributed by atoms with E-state index in [0.29, 0.717) is 17.0 Å². The summed E-state index contributed by atoms with van der Waals surface area (Å²) in [5.41, 5.74) is -0.602. The molecule has 0 aliphatic carbocycles. The first kappa shape index (κ1) is 18.7. The molecule has 120 valence electrons. The van der Waals surface area contributed by atoms with Crippen LogP contribution in [0, 0.1) is 0 Å². The van der Waals surface area contributed by atoms with E-state index in [1.54, 1.807) is 6.07 Å². The lowest BCUT2D eigenvalue weighted by atomic mass is 10.1. The number of hydrogen-bond donors (Lipinski definition) is 0. The molecule has 1 aromatic rings. The Morgan fingerprint density at radius 1 is 1.19 bits per heavy atom. The zero-order chi connectivity index (χ0) is 16.1. The number of ether oxygens (including phenoxy) is 1. The molecular formula is C15H21F3OS2. The standard InChI is InChI=1S/C8H16OS2.C7H5F3/c1-6(2)9-7-5-10-11-8(7,3)4;8-7(9,10)6-4-2-1-3-5-6/h6-7H,5H2,1-4H3;1-5H. The minimum atomic E-state index is -4.21. The van der Waals surface area contributed by atoms with Gasteiger partial charge in [0, 0.05) is 10.5 Å². The number of alkyl halides is 3. The Balaban J connectivity index is 0.000000211. The molecule has 0 N–H and O–H groups in total. The lowest BCUT2D eigenvalue weighted by Crippen LogP contribution is -2.34. The van der Waals surface area contributed by atoms with Gasteiger partial charge in [0.15, 0.2) is 0 Å². The molecule has 0 radical (unpaired) electrons. The van der Waals surface area contributed by atoms with Crippen LogP contribution in [-0.4, -0.2) is 22.7 Å². The normalized spacial score (nSPS) is 21.0. The molecule has 1 aliphatic rings. The van der Waals surface area contributed by atoms with Crippen LogP contribution in [0.2, 0.25) is 0 Å². The van der Waals surface area contributed by atoms with Crippen LogP contribution in [0.4, 0.5) is 13.2 Å². The van der Waals surface area contributed by atoms with Crippen molar-refractivity contribution in [3.05, 3.63) is 35.9 Å². The van der Waals surface area contributed by atoms with Gasteiger partial charge in [0.05, 0.1) is 17.8 Å². The van der Waals surface area contributed by atoms with E-state index >= 15 is 0 Å². The molecule has 1 fully saturated rings. The van der Waals surface area contributed by atoms with Crippen molar-refractivity contribution in [2.75, 3.05) is 5.75 Å². The van der Waals surface area contributed by atoms with E-state index in [1.807, 2.05) is 21.6 Å². The molecule has 0 bridgehead atoms. The fraction of sp³-hybridized carbons (Fsp3) is 0.600. The molecule has 1 atom stereocenters. The molecule has 21 heavy (non-hydrogen) atoms. The van der Waals surface area contributed by atoms with Crippen molar-refractivity contribution in [3.8, 4) is 0 Å². The molecule has 0 saturated carbocycles. The summed E-state index contributed by atoms with van der Waals surface area (Å²) < 4.78 is 41.4. The Morgan fingerprint density at radius 3 is 2.10 bits per heavy atom. The molecule has 6 heteroatoms. The molecule has 0 amide bonds. The van der Waals surface area contributed by atoms with Crippen molar-refractivity contribution in [1.29, 1.82) is 0 Å².